The highest BCUT2D eigenvalue weighted by Gasteiger charge is 2.52. The average Bonchev–Trinajstić information content (AvgIpc) is 3.39. The maximum absolute atomic E-state index is 12.7. The Hall–Kier alpha value is -2.95. The van der Waals surface area contributed by atoms with E-state index in [2.05, 4.69) is 34.5 Å². The van der Waals surface area contributed by atoms with Crippen LogP contribution in [0, 0.1) is 0 Å². The Balaban J connectivity index is 1.32. The van der Waals surface area contributed by atoms with Gasteiger partial charge in [-0.2, -0.15) is 4.98 Å². The van der Waals surface area contributed by atoms with Crippen LogP contribution < -0.4 is 15.0 Å². The van der Waals surface area contributed by atoms with E-state index in [0.29, 0.717) is 5.13 Å². The van der Waals surface area contributed by atoms with Crippen molar-refractivity contribution in [3.05, 3.63) is 18.6 Å². The second kappa shape index (κ2) is 6.05. The summed E-state index contributed by atoms with van der Waals surface area (Å²) >= 11 is 1.11. The van der Waals surface area contributed by atoms with Gasteiger partial charge in [0, 0.05) is 37.4 Å². The lowest BCUT2D eigenvalue weighted by atomic mass is 9.84. The first-order chi connectivity index (χ1) is 13.2. The Labute approximate surface area is 158 Å². The molecule has 2 fully saturated rings. The zero-order valence-electron chi connectivity index (χ0n) is 14.7. The topological polar surface area (TPSA) is 112 Å². The van der Waals surface area contributed by atoms with E-state index in [0.717, 1.165) is 60.9 Å². The monoisotopic (exact) mass is 386 g/mol. The number of hydrogen-bond acceptors (Lipinski definition) is 8. The number of hydrogen-bond donors (Lipinski definition) is 2. The van der Waals surface area contributed by atoms with Gasteiger partial charge in [0.15, 0.2) is 0 Å². The summed E-state index contributed by atoms with van der Waals surface area (Å²) < 4.78 is 8.97. The zero-order valence-corrected chi connectivity index (χ0v) is 15.5. The molecule has 1 atom stereocenters. The molecule has 2 aliphatic rings. The van der Waals surface area contributed by atoms with Crippen molar-refractivity contribution in [3.8, 4) is 6.01 Å². The van der Waals surface area contributed by atoms with Gasteiger partial charge in [-0.25, -0.2) is 14.8 Å². The van der Waals surface area contributed by atoms with Gasteiger partial charge in [-0.1, -0.05) is 0 Å². The molecule has 1 spiro atoms. The van der Waals surface area contributed by atoms with Crippen molar-refractivity contribution in [2.24, 2.45) is 0 Å². The second-order valence-electron chi connectivity index (χ2n) is 6.75. The molecule has 0 bridgehead atoms. The van der Waals surface area contributed by atoms with Gasteiger partial charge in [-0.3, -0.25) is 5.32 Å². The molecule has 5 rings (SSSR count). The lowest BCUT2D eigenvalue weighted by Gasteiger charge is -2.50. The fourth-order valence-electron chi connectivity index (χ4n) is 3.93. The molecular weight excluding hydrogens is 368 g/mol. The molecule has 140 valence electrons. The fraction of sp³-hybridized carbons (Fsp3) is 0.438. The number of anilines is 2. The second-order valence-corrected chi connectivity index (χ2v) is 7.50. The highest BCUT2D eigenvalue weighted by molar-refractivity contribution is 7.10. The molecule has 2 saturated heterocycles. The Kier molecular flexibility index (Phi) is 3.64. The molecule has 27 heavy (non-hydrogen) atoms. The summed E-state index contributed by atoms with van der Waals surface area (Å²) in [6, 6.07) is 2.11. The number of nitrogens with zero attached hydrogens (tertiary/aromatic N) is 6. The Morgan fingerprint density at radius 3 is 3.04 bits per heavy atom. The third-order valence-corrected chi connectivity index (χ3v) is 6.00. The predicted octanol–water partition coefficient (Wildman–Crippen LogP) is 1.70. The minimum absolute atomic E-state index is 0.142. The summed E-state index contributed by atoms with van der Waals surface area (Å²) in [6.45, 7) is 2.35. The molecule has 2 N–H and O–H groups in total. The van der Waals surface area contributed by atoms with Crippen LogP contribution in [0.2, 0.25) is 0 Å². The minimum Gasteiger partial charge on any atom is -0.466 e. The molecular formula is C16H18N8O2S. The van der Waals surface area contributed by atoms with Gasteiger partial charge in [0.05, 0.1) is 18.0 Å². The van der Waals surface area contributed by atoms with Crippen LogP contribution in [-0.2, 0) is 0 Å². The van der Waals surface area contributed by atoms with Crippen LogP contribution in [0.1, 0.15) is 12.8 Å². The van der Waals surface area contributed by atoms with E-state index in [1.54, 1.807) is 6.33 Å². The molecule has 0 radical (unpaired) electrons. The molecule has 2 aliphatic heterocycles. The van der Waals surface area contributed by atoms with Crippen molar-refractivity contribution in [2.75, 3.05) is 37.0 Å². The molecule has 1 unspecified atom stereocenters. The Bertz CT molecular complexity index is 1000. The Morgan fingerprint density at radius 2 is 2.26 bits per heavy atom. The third-order valence-electron chi connectivity index (χ3n) is 5.39. The number of amides is 2. The lowest BCUT2D eigenvalue weighted by Crippen LogP contribution is -2.64. The first kappa shape index (κ1) is 16.2. The quantitative estimate of drug-likeness (QED) is 0.704. The maximum Gasteiger partial charge on any atom is 0.329 e. The summed E-state index contributed by atoms with van der Waals surface area (Å²) in [5.41, 5.74) is 0.668. The van der Waals surface area contributed by atoms with E-state index in [1.807, 2.05) is 17.2 Å². The van der Waals surface area contributed by atoms with E-state index < -0.39 is 0 Å². The zero-order chi connectivity index (χ0) is 18.4. The third kappa shape index (κ3) is 2.57. The van der Waals surface area contributed by atoms with E-state index in [1.165, 1.54) is 7.11 Å². The molecule has 3 aromatic rings. The predicted molar refractivity (Wildman–Crippen MR) is 100 cm³/mol. The first-order valence-electron chi connectivity index (χ1n) is 8.68. The van der Waals surface area contributed by atoms with Crippen LogP contribution in [0.15, 0.2) is 18.6 Å². The van der Waals surface area contributed by atoms with E-state index in [4.69, 9.17) is 4.74 Å². The van der Waals surface area contributed by atoms with E-state index in [-0.39, 0.29) is 17.6 Å². The number of fused-ring (bicyclic) bond motifs is 1. The number of urea groups is 1. The number of carbonyl (C=O) groups is 1. The van der Waals surface area contributed by atoms with Crippen molar-refractivity contribution in [3.63, 3.8) is 0 Å². The Morgan fingerprint density at radius 1 is 1.37 bits per heavy atom. The van der Waals surface area contributed by atoms with Crippen molar-refractivity contribution < 1.29 is 9.53 Å². The van der Waals surface area contributed by atoms with Crippen LogP contribution in [-0.4, -0.2) is 67.5 Å². The summed E-state index contributed by atoms with van der Waals surface area (Å²) in [5.74, 6) is 0.916. The number of likely N-dealkylation sites (tertiary alicyclic amines) is 1. The normalized spacial score (nSPS) is 21.7. The number of methoxy groups -OCH3 is 1. The number of aromatic amines is 1. The summed E-state index contributed by atoms with van der Waals surface area (Å²) in [7, 11) is 1.50. The van der Waals surface area contributed by atoms with Gasteiger partial charge in [0.25, 0.3) is 0 Å². The molecule has 0 aliphatic carbocycles. The number of ether oxygens (including phenoxy) is 1. The van der Waals surface area contributed by atoms with Crippen LogP contribution in [0.3, 0.4) is 0 Å². The number of rotatable bonds is 3. The van der Waals surface area contributed by atoms with Gasteiger partial charge < -0.3 is 19.5 Å². The van der Waals surface area contributed by atoms with Gasteiger partial charge in [0.2, 0.25) is 5.13 Å². The highest BCUT2D eigenvalue weighted by atomic mass is 32.1. The molecule has 3 aromatic heterocycles. The summed E-state index contributed by atoms with van der Waals surface area (Å²) in [6.07, 6.45) is 5.34. The summed E-state index contributed by atoms with van der Waals surface area (Å²) in [4.78, 5) is 32.8. The number of H-pyrrole nitrogens is 1. The first-order valence-corrected chi connectivity index (χ1v) is 9.45. The van der Waals surface area contributed by atoms with Crippen LogP contribution in [0.5, 0.6) is 6.01 Å². The molecule has 2 amide bonds. The number of aromatic nitrogens is 5. The van der Waals surface area contributed by atoms with E-state index in [9.17, 15) is 4.79 Å². The van der Waals surface area contributed by atoms with Gasteiger partial charge in [-0.05, 0) is 18.9 Å². The molecule has 0 aromatic carbocycles. The SMILES string of the molecule is COc1nsc(NC(=O)N2CCC23CCN(c2ncnc4[nH]ccc24)C3)n1. The van der Waals surface area contributed by atoms with Gasteiger partial charge >= 0.3 is 12.0 Å². The van der Waals surface area contributed by atoms with Crippen LogP contribution >= 0.6 is 11.5 Å². The lowest BCUT2D eigenvalue weighted by molar-refractivity contribution is 0.0480. The molecule has 11 heteroatoms. The van der Waals surface area contributed by atoms with Gasteiger partial charge in [0.1, 0.15) is 17.8 Å². The maximum atomic E-state index is 12.7. The molecule has 10 nitrogen and oxygen atoms in total. The van der Waals surface area contributed by atoms with Gasteiger partial charge in [-0.15, -0.1) is 4.37 Å². The number of carbonyl (C=O) groups excluding carboxylic acids is 1. The van der Waals surface area contributed by atoms with Crippen molar-refractivity contribution in [1.82, 2.24) is 29.2 Å². The number of nitrogens with one attached hydrogen (secondary N) is 2. The van der Waals surface area contributed by atoms with Crippen molar-refractivity contribution in [1.29, 1.82) is 0 Å². The standard InChI is InChI=1S/C16H18N8O2S/c1-26-13-20-14(27-22-13)21-15(25)24-7-4-16(24)3-6-23(8-16)12-10-2-5-17-11(10)18-9-19-12/h2,5,9H,3-4,6-8H2,1H3,(H,17,18,19)(H,20,21,22,25). The largest absolute Gasteiger partial charge is 0.466 e. The fourth-order valence-corrected chi connectivity index (χ4v) is 4.46. The highest BCUT2D eigenvalue weighted by Crippen LogP contribution is 2.41. The van der Waals surface area contributed by atoms with Crippen molar-refractivity contribution in [2.45, 2.75) is 18.4 Å². The molecule has 0 saturated carbocycles. The van der Waals surface area contributed by atoms with E-state index >= 15 is 0 Å². The smallest absolute Gasteiger partial charge is 0.329 e. The van der Waals surface area contributed by atoms with Crippen LogP contribution in [0.4, 0.5) is 15.7 Å². The van der Waals surface area contributed by atoms with Crippen molar-refractivity contribution >= 4 is 39.5 Å². The average molecular weight is 386 g/mol. The molecule has 5 heterocycles. The van der Waals surface area contributed by atoms with Crippen LogP contribution in [0.25, 0.3) is 11.0 Å². The minimum atomic E-state index is -0.160. The summed E-state index contributed by atoms with van der Waals surface area (Å²) in [5, 5.41) is 4.28.